The Morgan fingerprint density at radius 1 is 0.963 bits per heavy atom. The van der Waals surface area contributed by atoms with E-state index in [0.717, 1.165) is 44.0 Å². The average molecular weight is 367 g/mol. The Morgan fingerprint density at radius 3 is 2.37 bits per heavy atom. The molecule has 1 aliphatic heterocycles. The molecule has 0 amide bonds. The summed E-state index contributed by atoms with van der Waals surface area (Å²) in [5.74, 6) is 1.90. The van der Waals surface area contributed by atoms with Crippen LogP contribution in [0.15, 0.2) is 36.8 Å². The smallest absolute Gasteiger partial charge is 0.131 e. The Bertz CT molecular complexity index is 692. The first-order valence-electron chi connectivity index (χ1n) is 10.4. The van der Waals surface area contributed by atoms with Crippen molar-refractivity contribution < 1.29 is 5.11 Å². The number of aliphatic hydroxyl groups excluding tert-OH is 1. The van der Waals surface area contributed by atoms with E-state index in [0.29, 0.717) is 11.8 Å². The van der Waals surface area contributed by atoms with Crippen LogP contribution in [0.3, 0.4) is 0 Å². The van der Waals surface area contributed by atoms with E-state index >= 15 is 0 Å². The van der Waals surface area contributed by atoms with Crippen LogP contribution in [0.5, 0.6) is 0 Å². The average Bonchev–Trinajstić information content (AvgIpc) is 2.76. The van der Waals surface area contributed by atoms with E-state index in [-0.39, 0.29) is 0 Å². The molecule has 1 N–H and O–H groups in total. The van der Waals surface area contributed by atoms with Crippen molar-refractivity contribution in [1.29, 1.82) is 0 Å². The second-order valence-electron chi connectivity index (χ2n) is 8.10. The quantitative estimate of drug-likeness (QED) is 0.870. The molecule has 0 aromatic carbocycles. The molecular formula is C22H30N4O. The number of rotatable bonds is 5. The minimum absolute atomic E-state index is 0.293. The van der Waals surface area contributed by atoms with Crippen LogP contribution in [0.4, 0.5) is 0 Å². The Kier molecular flexibility index (Phi) is 6.10. The highest BCUT2D eigenvalue weighted by Crippen LogP contribution is 2.31. The topological polar surface area (TPSA) is 62.1 Å². The van der Waals surface area contributed by atoms with Gasteiger partial charge in [-0.05, 0) is 56.8 Å². The normalized spacial score (nSPS) is 21.2. The molecule has 5 nitrogen and oxygen atoms in total. The Balaban J connectivity index is 1.27. The van der Waals surface area contributed by atoms with Gasteiger partial charge in [-0.3, -0.25) is 9.88 Å². The van der Waals surface area contributed by atoms with E-state index in [1.807, 2.05) is 30.6 Å². The third kappa shape index (κ3) is 4.71. The van der Waals surface area contributed by atoms with Crippen molar-refractivity contribution in [2.24, 2.45) is 5.92 Å². The fourth-order valence-electron chi connectivity index (χ4n) is 4.50. The molecule has 1 saturated heterocycles. The van der Waals surface area contributed by atoms with Crippen molar-refractivity contribution >= 4 is 0 Å². The summed E-state index contributed by atoms with van der Waals surface area (Å²) in [4.78, 5) is 16.1. The second kappa shape index (κ2) is 8.89. The van der Waals surface area contributed by atoms with Gasteiger partial charge in [0.25, 0.3) is 0 Å². The van der Waals surface area contributed by atoms with E-state index in [1.54, 1.807) is 6.20 Å². The maximum absolute atomic E-state index is 10.6. The highest BCUT2D eigenvalue weighted by atomic mass is 16.3. The molecule has 1 atom stereocenters. The van der Waals surface area contributed by atoms with Crippen LogP contribution < -0.4 is 0 Å². The van der Waals surface area contributed by atoms with Crippen molar-refractivity contribution in [3.63, 3.8) is 0 Å². The lowest BCUT2D eigenvalue weighted by atomic mass is 9.88. The zero-order valence-electron chi connectivity index (χ0n) is 16.0. The van der Waals surface area contributed by atoms with Gasteiger partial charge in [0.15, 0.2) is 0 Å². The molecule has 4 rings (SSSR count). The van der Waals surface area contributed by atoms with Crippen LogP contribution in [-0.4, -0.2) is 38.0 Å². The van der Waals surface area contributed by atoms with Gasteiger partial charge in [0.05, 0.1) is 11.8 Å². The maximum atomic E-state index is 10.6. The Labute approximate surface area is 161 Å². The van der Waals surface area contributed by atoms with E-state index in [2.05, 4.69) is 19.9 Å². The summed E-state index contributed by atoms with van der Waals surface area (Å²) in [6.07, 6.45) is 13.8. The summed E-state index contributed by atoms with van der Waals surface area (Å²) in [6, 6.07) is 5.75. The number of aromatic nitrogens is 3. The van der Waals surface area contributed by atoms with Crippen molar-refractivity contribution in [1.82, 2.24) is 19.9 Å². The van der Waals surface area contributed by atoms with Gasteiger partial charge >= 0.3 is 0 Å². The fraction of sp³-hybridized carbons (Fsp3) is 0.591. The third-order valence-corrected chi connectivity index (χ3v) is 6.17. The lowest BCUT2D eigenvalue weighted by Crippen LogP contribution is -2.35. The predicted octanol–water partition coefficient (Wildman–Crippen LogP) is 3.86. The number of pyridine rings is 1. The highest BCUT2D eigenvalue weighted by molar-refractivity contribution is 5.10. The zero-order valence-corrected chi connectivity index (χ0v) is 16.0. The van der Waals surface area contributed by atoms with E-state index in [1.165, 1.54) is 37.7 Å². The van der Waals surface area contributed by atoms with Gasteiger partial charge < -0.3 is 5.11 Å². The van der Waals surface area contributed by atoms with Gasteiger partial charge in [-0.2, -0.15) is 0 Å². The minimum Gasteiger partial charge on any atom is -0.387 e. The summed E-state index contributed by atoms with van der Waals surface area (Å²) < 4.78 is 0. The minimum atomic E-state index is -0.452. The summed E-state index contributed by atoms with van der Waals surface area (Å²) in [5.41, 5.74) is 1.99. The zero-order chi connectivity index (χ0) is 18.5. The van der Waals surface area contributed by atoms with Crippen molar-refractivity contribution in [2.75, 3.05) is 13.1 Å². The number of nitrogens with zero attached hydrogens (tertiary/aromatic N) is 4. The molecule has 5 heteroatoms. The van der Waals surface area contributed by atoms with Gasteiger partial charge in [-0.15, -0.1) is 0 Å². The second-order valence-corrected chi connectivity index (χ2v) is 8.10. The fourth-order valence-corrected chi connectivity index (χ4v) is 4.50. The molecule has 3 heterocycles. The van der Waals surface area contributed by atoms with Crippen LogP contribution in [0.2, 0.25) is 0 Å². The van der Waals surface area contributed by atoms with Gasteiger partial charge in [-0.1, -0.05) is 25.3 Å². The first kappa shape index (κ1) is 18.5. The van der Waals surface area contributed by atoms with E-state index in [9.17, 15) is 5.11 Å². The summed E-state index contributed by atoms with van der Waals surface area (Å²) in [7, 11) is 0. The monoisotopic (exact) mass is 366 g/mol. The van der Waals surface area contributed by atoms with Crippen LogP contribution in [0, 0.1) is 5.92 Å². The molecule has 1 saturated carbocycles. The first-order valence-corrected chi connectivity index (χ1v) is 10.4. The molecule has 0 radical (unpaired) electrons. The largest absolute Gasteiger partial charge is 0.387 e. The molecule has 2 aromatic rings. The number of aliphatic hydroxyl groups is 1. The van der Waals surface area contributed by atoms with Crippen LogP contribution in [0.25, 0.3) is 0 Å². The Hall–Kier alpha value is -1.85. The lowest BCUT2D eigenvalue weighted by molar-refractivity contribution is 0.0539. The van der Waals surface area contributed by atoms with Crippen LogP contribution in [-0.2, 0) is 6.54 Å². The van der Waals surface area contributed by atoms with Crippen molar-refractivity contribution in [3.8, 4) is 0 Å². The molecule has 0 bridgehead atoms. The molecule has 0 spiro atoms. The molecule has 144 valence electrons. The van der Waals surface area contributed by atoms with Gasteiger partial charge in [0, 0.05) is 36.6 Å². The number of likely N-dealkylation sites (tertiary alicyclic amines) is 1. The Morgan fingerprint density at radius 2 is 1.70 bits per heavy atom. The molecule has 27 heavy (non-hydrogen) atoms. The summed E-state index contributed by atoms with van der Waals surface area (Å²) in [5, 5.41) is 10.6. The van der Waals surface area contributed by atoms with Gasteiger partial charge in [-0.25, -0.2) is 9.97 Å². The van der Waals surface area contributed by atoms with Crippen LogP contribution >= 0.6 is 0 Å². The summed E-state index contributed by atoms with van der Waals surface area (Å²) in [6.45, 7) is 2.90. The molecule has 0 unspecified atom stereocenters. The van der Waals surface area contributed by atoms with E-state index in [4.69, 9.17) is 0 Å². The third-order valence-electron chi connectivity index (χ3n) is 6.17. The number of hydrogen-bond donors (Lipinski definition) is 1. The number of hydrogen-bond acceptors (Lipinski definition) is 5. The van der Waals surface area contributed by atoms with Crippen molar-refractivity contribution in [2.45, 2.75) is 63.5 Å². The SMILES string of the molecule is O[C@@H](c1ccccn1)C1CCN(Cc2cnc(C3CCCCC3)nc2)CC1. The van der Waals surface area contributed by atoms with Gasteiger partial charge in [0.1, 0.15) is 5.82 Å². The molecule has 1 aliphatic carbocycles. The predicted molar refractivity (Wildman–Crippen MR) is 105 cm³/mol. The highest BCUT2D eigenvalue weighted by Gasteiger charge is 2.27. The maximum Gasteiger partial charge on any atom is 0.131 e. The molecule has 2 aromatic heterocycles. The van der Waals surface area contributed by atoms with Gasteiger partial charge in [0.2, 0.25) is 0 Å². The number of piperidine rings is 1. The van der Waals surface area contributed by atoms with E-state index < -0.39 is 6.10 Å². The lowest BCUT2D eigenvalue weighted by Gasteiger charge is -2.34. The molecule has 2 fully saturated rings. The standard InChI is InChI=1S/C22H30N4O/c27-21(20-8-4-5-11-23-20)18-9-12-26(13-10-18)16-17-14-24-22(25-15-17)19-6-2-1-3-7-19/h4-5,8,11,14-15,18-19,21,27H,1-3,6-7,9-10,12-13,16H2/t21-/m1/s1. The molecule has 2 aliphatic rings. The van der Waals surface area contributed by atoms with Crippen molar-refractivity contribution in [3.05, 3.63) is 53.9 Å². The van der Waals surface area contributed by atoms with Crippen LogP contribution in [0.1, 0.15) is 74.0 Å². The summed E-state index contributed by atoms with van der Waals surface area (Å²) >= 11 is 0. The first-order chi connectivity index (χ1) is 13.3. The molecular weight excluding hydrogens is 336 g/mol.